The van der Waals surface area contributed by atoms with Crippen LogP contribution in [0.3, 0.4) is 0 Å². The number of piperidine rings is 1. The third-order valence-corrected chi connectivity index (χ3v) is 8.81. The van der Waals surface area contributed by atoms with Crippen molar-refractivity contribution in [2.24, 2.45) is 4.99 Å². The summed E-state index contributed by atoms with van der Waals surface area (Å²) in [6, 6.07) is 12.4. The van der Waals surface area contributed by atoms with Crippen LogP contribution < -0.4 is 0 Å². The summed E-state index contributed by atoms with van der Waals surface area (Å²) in [7, 11) is 2.04. The number of nitrogens with zero attached hydrogens (tertiary/aromatic N) is 4. The number of hydrogen-bond acceptors (Lipinski definition) is 5. The first kappa shape index (κ1) is 23.7. The van der Waals surface area contributed by atoms with Crippen LogP contribution in [0.2, 0.25) is 5.02 Å². The molecule has 1 amide bonds. The third kappa shape index (κ3) is 4.15. The summed E-state index contributed by atoms with van der Waals surface area (Å²) < 4.78 is 0. The van der Waals surface area contributed by atoms with E-state index in [1.54, 1.807) is 6.07 Å². The number of halogens is 1. The zero-order chi connectivity index (χ0) is 24.8. The first-order valence-electron chi connectivity index (χ1n) is 13.0. The summed E-state index contributed by atoms with van der Waals surface area (Å²) in [6.45, 7) is 3.43. The lowest BCUT2D eigenvalue weighted by Crippen LogP contribution is -2.44. The van der Waals surface area contributed by atoms with Crippen LogP contribution in [-0.4, -0.2) is 64.7 Å². The Kier molecular flexibility index (Phi) is 6.36. The Balaban J connectivity index is 1.12. The minimum absolute atomic E-state index is 0.0277. The van der Waals surface area contributed by atoms with E-state index in [1.807, 2.05) is 36.4 Å². The summed E-state index contributed by atoms with van der Waals surface area (Å²) in [5.41, 5.74) is 6.42. The van der Waals surface area contributed by atoms with Crippen LogP contribution in [-0.2, 0) is 13.0 Å². The molecule has 1 fully saturated rings. The number of fused-ring (bicyclic) bond motifs is 2. The van der Waals surface area contributed by atoms with E-state index in [2.05, 4.69) is 33.0 Å². The lowest BCUT2D eigenvalue weighted by molar-refractivity contribution is -0.0232. The highest BCUT2D eigenvalue weighted by Crippen LogP contribution is 2.42. The number of aliphatic hydroxyl groups excluding tert-OH is 1. The van der Waals surface area contributed by atoms with Crippen LogP contribution in [0.4, 0.5) is 0 Å². The molecule has 0 aromatic heterocycles. The largest absolute Gasteiger partial charge is 0.375 e. The molecule has 36 heavy (non-hydrogen) atoms. The molecule has 7 heteroatoms. The first-order chi connectivity index (χ1) is 17.5. The van der Waals surface area contributed by atoms with Crippen molar-refractivity contribution in [3.63, 3.8) is 0 Å². The van der Waals surface area contributed by atoms with Gasteiger partial charge in [0.25, 0.3) is 5.91 Å². The molecule has 1 N–H and O–H groups in total. The molecule has 0 bridgehead atoms. The fourth-order valence-electron chi connectivity index (χ4n) is 6.42. The standard InChI is InChI=1S/C29H33ClN4O2/c1-32(22-11-15-33(16-12-22)23-9-13-31-14-10-23)28(35)20-5-7-24-19(17-20)6-8-26(24)34-18-21-3-2-4-25(30)27(21)29(34)36/h2-5,7,9,14,17,22,26,28,35H,6,8,10-13,15-16,18H2,1H3/t26-,28?/m1/s1. The Bertz CT molecular complexity index is 1230. The Hall–Kier alpha value is -2.67. The second-order valence-electron chi connectivity index (χ2n) is 10.4. The van der Waals surface area contributed by atoms with Gasteiger partial charge in [0.05, 0.1) is 23.2 Å². The van der Waals surface area contributed by atoms with Gasteiger partial charge in [0.2, 0.25) is 0 Å². The van der Waals surface area contributed by atoms with Gasteiger partial charge in [-0.1, -0.05) is 41.9 Å². The fraction of sp³-hybridized carbons (Fsp3) is 0.448. The van der Waals surface area contributed by atoms with Crippen molar-refractivity contribution < 1.29 is 9.90 Å². The number of aryl methyl sites for hydroxylation is 1. The Morgan fingerprint density at radius 1 is 1.14 bits per heavy atom. The molecule has 0 saturated carbocycles. The fourth-order valence-corrected chi connectivity index (χ4v) is 6.69. The van der Waals surface area contributed by atoms with Gasteiger partial charge in [0, 0.05) is 44.0 Å². The maximum Gasteiger partial charge on any atom is 0.256 e. The average Bonchev–Trinajstić information content (AvgIpc) is 3.49. The Morgan fingerprint density at radius 3 is 2.72 bits per heavy atom. The smallest absolute Gasteiger partial charge is 0.256 e. The Morgan fingerprint density at radius 2 is 1.97 bits per heavy atom. The minimum atomic E-state index is -0.636. The number of carbonyl (C=O) groups is 1. The summed E-state index contributed by atoms with van der Waals surface area (Å²) in [6.07, 6.45) is 8.44. The lowest BCUT2D eigenvalue weighted by atomic mass is 9.99. The molecule has 6 rings (SSSR count). The van der Waals surface area contributed by atoms with Crippen molar-refractivity contribution in [1.29, 1.82) is 0 Å². The second-order valence-corrected chi connectivity index (χ2v) is 10.8. The van der Waals surface area contributed by atoms with Gasteiger partial charge in [-0.25, -0.2) is 0 Å². The molecule has 3 heterocycles. The number of carbonyl (C=O) groups excluding carboxylic acids is 1. The zero-order valence-corrected chi connectivity index (χ0v) is 21.5. The van der Waals surface area contributed by atoms with Crippen LogP contribution >= 0.6 is 11.6 Å². The van der Waals surface area contributed by atoms with Gasteiger partial charge < -0.3 is 14.9 Å². The molecule has 2 aromatic carbocycles. The first-order valence-corrected chi connectivity index (χ1v) is 13.4. The predicted octanol–water partition coefficient (Wildman–Crippen LogP) is 4.73. The van der Waals surface area contributed by atoms with Crippen molar-refractivity contribution >= 4 is 23.7 Å². The minimum Gasteiger partial charge on any atom is -0.375 e. The highest BCUT2D eigenvalue weighted by Gasteiger charge is 2.38. The Labute approximate surface area is 217 Å². The molecule has 188 valence electrons. The summed E-state index contributed by atoms with van der Waals surface area (Å²) >= 11 is 6.34. The van der Waals surface area contributed by atoms with E-state index >= 15 is 0 Å². The number of aliphatic imine (C=N–C) groups is 1. The van der Waals surface area contributed by atoms with E-state index in [0.717, 1.165) is 62.9 Å². The average molecular weight is 505 g/mol. The topological polar surface area (TPSA) is 59.4 Å². The highest BCUT2D eigenvalue weighted by atomic mass is 35.5. The SMILES string of the molecule is CN(C1CCN(C2=CCN=CC2)CC1)C(O)c1ccc2c(c1)CC[C@H]2N1Cc2cccc(Cl)c2C1=O. The quantitative estimate of drug-likeness (QED) is 0.598. The molecule has 3 aliphatic heterocycles. The van der Waals surface area contributed by atoms with Gasteiger partial charge in [0.1, 0.15) is 6.23 Å². The van der Waals surface area contributed by atoms with E-state index in [-0.39, 0.29) is 11.9 Å². The van der Waals surface area contributed by atoms with Gasteiger partial charge in [-0.05, 0) is 67.1 Å². The molecule has 2 atom stereocenters. The van der Waals surface area contributed by atoms with Gasteiger partial charge in [0.15, 0.2) is 0 Å². The molecular formula is C29H33ClN4O2. The van der Waals surface area contributed by atoms with E-state index in [4.69, 9.17) is 11.6 Å². The van der Waals surface area contributed by atoms with Gasteiger partial charge in [-0.3, -0.25) is 14.7 Å². The molecular weight excluding hydrogens is 472 g/mol. The van der Waals surface area contributed by atoms with E-state index < -0.39 is 6.23 Å². The van der Waals surface area contributed by atoms with Crippen molar-refractivity contribution in [1.82, 2.24) is 14.7 Å². The number of benzene rings is 2. The number of aliphatic hydroxyl groups is 1. The van der Waals surface area contributed by atoms with Crippen molar-refractivity contribution in [3.05, 3.63) is 81.0 Å². The van der Waals surface area contributed by atoms with Gasteiger partial charge in [-0.15, -0.1) is 0 Å². The third-order valence-electron chi connectivity index (χ3n) is 8.50. The molecule has 4 aliphatic rings. The normalized spacial score (nSPS) is 22.7. The number of amides is 1. The summed E-state index contributed by atoms with van der Waals surface area (Å²) in [5.74, 6) is 0.0277. The predicted molar refractivity (Wildman–Crippen MR) is 142 cm³/mol. The number of allylic oxidation sites excluding steroid dienone is 1. The second kappa shape index (κ2) is 9.66. The molecule has 0 spiro atoms. The number of dihydropyridines is 1. The maximum absolute atomic E-state index is 13.2. The summed E-state index contributed by atoms with van der Waals surface area (Å²) in [4.78, 5) is 24.0. The number of likely N-dealkylation sites (tertiary alicyclic amines) is 1. The van der Waals surface area contributed by atoms with Crippen LogP contribution in [0, 0.1) is 0 Å². The number of hydrogen-bond donors (Lipinski definition) is 1. The van der Waals surface area contributed by atoms with E-state index in [0.29, 0.717) is 23.2 Å². The maximum atomic E-state index is 13.2. The van der Waals surface area contributed by atoms with Crippen LogP contribution in [0.1, 0.15) is 70.6 Å². The van der Waals surface area contributed by atoms with E-state index in [9.17, 15) is 9.90 Å². The van der Waals surface area contributed by atoms with Crippen molar-refractivity contribution in [2.75, 3.05) is 26.7 Å². The van der Waals surface area contributed by atoms with Crippen molar-refractivity contribution in [2.45, 2.75) is 57.0 Å². The number of rotatable bonds is 5. The van der Waals surface area contributed by atoms with E-state index in [1.165, 1.54) is 16.8 Å². The van der Waals surface area contributed by atoms with Crippen molar-refractivity contribution in [3.8, 4) is 0 Å². The highest BCUT2D eigenvalue weighted by molar-refractivity contribution is 6.34. The van der Waals surface area contributed by atoms with Gasteiger partial charge >= 0.3 is 0 Å². The van der Waals surface area contributed by atoms with Gasteiger partial charge in [-0.2, -0.15) is 0 Å². The van der Waals surface area contributed by atoms with Crippen LogP contribution in [0.15, 0.2) is 53.2 Å². The molecule has 1 aliphatic carbocycles. The zero-order valence-electron chi connectivity index (χ0n) is 20.7. The molecule has 0 radical (unpaired) electrons. The van der Waals surface area contributed by atoms with Crippen LogP contribution in [0.25, 0.3) is 0 Å². The molecule has 2 aromatic rings. The lowest BCUT2D eigenvalue weighted by Gasteiger charge is -2.40. The monoisotopic (exact) mass is 504 g/mol. The summed E-state index contributed by atoms with van der Waals surface area (Å²) in [5, 5.41) is 11.8. The van der Waals surface area contributed by atoms with Crippen LogP contribution in [0.5, 0.6) is 0 Å². The molecule has 1 saturated heterocycles. The molecule has 6 nitrogen and oxygen atoms in total. The molecule has 1 unspecified atom stereocenters.